The molecule has 0 aliphatic carbocycles. The second-order valence-electron chi connectivity index (χ2n) is 4.57. The van der Waals surface area contributed by atoms with Gasteiger partial charge in [-0.2, -0.15) is 0 Å². The Balaban J connectivity index is 2.91. The molecule has 108 valence electrons. The third kappa shape index (κ3) is 4.71. The molecule has 19 heavy (non-hydrogen) atoms. The fourth-order valence-corrected chi connectivity index (χ4v) is 2.27. The van der Waals surface area contributed by atoms with Gasteiger partial charge in [0.25, 0.3) is 0 Å². The van der Waals surface area contributed by atoms with E-state index in [1.165, 1.54) is 0 Å². The Hall–Kier alpha value is -1.29. The average molecular weight is 265 g/mol. The van der Waals surface area contributed by atoms with Crippen LogP contribution in [-0.4, -0.2) is 37.8 Å². The molecule has 1 aromatic rings. The predicted molar refractivity (Wildman–Crippen MR) is 82.0 cm³/mol. The maximum Gasteiger partial charge on any atom is 0.131 e. The van der Waals surface area contributed by atoms with Gasteiger partial charge in [-0.15, -0.1) is 0 Å². The third-order valence-corrected chi connectivity index (χ3v) is 3.31. The summed E-state index contributed by atoms with van der Waals surface area (Å²) in [7, 11) is 1.74. The Morgan fingerprint density at radius 2 is 2.00 bits per heavy atom. The molecule has 0 saturated carbocycles. The Morgan fingerprint density at radius 3 is 2.58 bits per heavy atom. The van der Waals surface area contributed by atoms with E-state index >= 15 is 0 Å². The van der Waals surface area contributed by atoms with Crippen molar-refractivity contribution in [1.82, 2.24) is 4.98 Å². The van der Waals surface area contributed by atoms with Gasteiger partial charge in [0.1, 0.15) is 11.6 Å². The normalized spacial score (nSPS) is 10.8. The average Bonchev–Trinajstić information content (AvgIpc) is 2.44. The first kappa shape index (κ1) is 15.8. The molecular formula is C15H27N3O. The van der Waals surface area contributed by atoms with Gasteiger partial charge >= 0.3 is 0 Å². The smallest absolute Gasteiger partial charge is 0.131 e. The minimum absolute atomic E-state index is 0.513. The van der Waals surface area contributed by atoms with Crippen LogP contribution < -0.4 is 10.2 Å². The molecule has 0 aliphatic heterocycles. The summed E-state index contributed by atoms with van der Waals surface area (Å²) in [6.45, 7) is 9.02. The number of nitrogens with zero attached hydrogens (tertiary/aromatic N) is 2. The second-order valence-corrected chi connectivity index (χ2v) is 4.57. The van der Waals surface area contributed by atoms with Crippen LogP contribution >= 0.6 is 0 Å². The quantitative estimate of drug-likeness (QED) is 0.744. The Kier molecular flexibility index (Phi) is 7.26. The fourth-order valence-electron chi connectivity index (χ4n) is 2.27. The van der Waals surface area contributed by atoms with Crippen LogP contribution in [0.4, 0.5) is 11.6 Å². The number of hydrogen-bond donors (Lipinski definition) is 1. The zero-order valence-corrected chi connectivity index (χ0v) is 12.6. The highest BCUT2D eigenvalue weighted by atomic mass is 16.5. The number of hydrogen-bond acceptors (Lipinski definition) is 4. The molecule has 1 heterocycles. The zero-order chi connectivity index (χ0) is 14.1. The van der Waals surface area contributed by atoms with Crippen molar-refractivity contribution in [3.05, 3.63) is 18.2 Å². The molecule has 0 bridgehead atoms. The summed E-state index contributed by atoms with van der Waals surface area (Å²) in [6.07, 6.45) is 2.24. The van der Waals surface area contributed by atoms with Crippen LogP contribution in [0.2, 0.25) is 0 Å². The van der Waals surface area contributed by atoms with Crippen molar-refractivity contribution in [3.63, 3.8) is 0 Å². The van der Waals surface area contributed by atoms with Gasteiger partial charge in [0.2, 0.25) is 0 Å². The third-order valence-electron chi connectivity index (χ3n) is 3.31. The first-order valence-electron chi connectivity index (χ1n) is 7.23. The topological polar surface area (TPSA) is 37.4 Å². The molecule has 4 heteroatoms. The molecule has 0 unspecified atom stereocenters. The van der Waals surface area contributed by atoms with Crippen molar-refractivity contribution < 1.29 is 4.74 Å². The molecule has 1 rings (SSSR count). The van der Waals surface area contributed by atoms with Gasteiger partial charge in [-0.3, -0.25) is 0 Å². The largest absolute Gasteiger partial charge is 0.383 e. The lowest BCUT2D eigenvalue weighted by Crippen LogP contribution is -2.37. The number of pyridine rings is 1. The summed E-state index contributed by atoms with van der Waals surface area (Å²) in [6, 6.07) is 6.66. The van der Waals surface area contributed by atoms with E-state index in [1.807, 2.05) is 6.07 Å². The second kappa shape index (κ2) is 8.75. The maximum absolute atomic E-state index is 5.23. The molecule has 0 fully saturated rings. The van der Waals surface area contributed by atoms with Gasteiger partial charge in [0.05, 0.1) is 6.61 Å². The number of rotatable bonds is 9. The van der Waals surface area contributed by atoms with E-state index in [2.05, 4.69) is 43.1 Å². The first-order chi connectivity index (χ1) is 9.26. The summed E-state index contributed by atoms with van der Waals surface area (Å²) in [5.74, 6) is 1.97. The van der Waals surface area contributed by atoms with Gasteiger partial charge in [-0.25, -0.2) is 4.98 Å². The van der Waals surface area contributed by atoms with E-state index in [1.54, 1.807) is 7.11 Å². The van der Waals surface area contributed by atoms with Crippen LogP contribution in [0.5, 0.6) is 0 Å². The Morgan fingerprint density at radius 1 is 1.26 bits per heavy atom. The highest BCUT2D eigenvalue weighted by molar-refractivity contribution is 5.47. The summed E-state index contributed by atoms with van der Waals surface area (Å²) >= 11 is 0. The molecule has 4 nitrogen and oxygen atoms in total. The van der Waals surface area contributed by atoms with Crippen LogP contribution in [0.3, 0.4) is 0 Å². The molecule has 0 saturated heterocycles. The van der Waals surface area contributed by atoms with Crippen molar-refractivity contribution >= 4 is 11.6 Å². The molecule has 0 spiro atoms. The summed E-state index contributed by atoms with van der Waals surface area (Å²) in [5.41, 5.74) is 0. The number of anilines is 2. The van der Waals surface area contributed by atoms with Crippen LogP contribution in [0.15, 0.2) is 18.2 Å². The van der Waals surface area contributed by atoms with E-state index in [-0.39, 0.29) is 0 Å². The molecule has 0 radical (unpaired) electrons. The zero-order valence-electron chi connectivity index (χ0n) is 12.6. The summed E-state index contributed by atoms with van der Waals surface area (Å²) in [4.78, 5) is 7.04. The maximum atomic E-state index is 5.23. The summed E-state index contributed by atoms with van der Waals surface area (Å²) < 4.78 is 5.23. The van der Waals surface area contributed by atoms with E-state index in [0.29, 0.717) is 6.04 Å². The monoisotopic (exact) mass is 265 g/mol. The number of aromatic nitrogens is 1. The van der Waals surface area contributed by atoms with Gasteiger partial charge in [0, 0.05) is 26.2 Å². The molecule has 1 aromatic heterocycles. The Labute approximate surface area is 117 Å². The molecule has 1 N–H and O–H groups in total. The molecule has 0 aliphatic rings. The fraction of sp³-hybridized carbons (Fsp3) is 0.667. The van der Waals surface area contributed by atoms with Crippen molar-refractivity contribution in [2.45, 2.75) is 39.7 Å². The molecule has 0 atom stereocenters. The highest BCUT2D eigenvalue weighted by Crippen LogP contribution is 2.20. The van der Waals surface area contributed by atoms with Crippen LogP contribution in [0.25, 0.3) is 0 Å². The number of methoxy groups -OCH3 is 1. The van der Waals surface area contributed by atoms with Crippen molar-refractivity contribution in [2.75, 3.05) is 37.0 Å². The highest BCUT2D eigenvalue weighted by Gasteiger charge is 2.16. The molecule has 0 aromatic carbocycles. The van der Waals surface area contributed by atoms with Gasteiger partial charge in [-0.05, 0) is 31.9 Å². The summed E-state index contributed by atoms with van der Waals surface area (Å²) in [5, 5.41) is 3.26. The van der Waals surface area contributed by atoms with E-state index in [4.69, 9.17) is 9.72 Å². The lowest BCUT2D eigenvalue weighted by atomic mass is 10.1. The number of ether oxygens (including phenoxy) is 1. The lowest BCUT2D eigenvalue weighted by Gasteiger charge is -2.31. The van der Waals surface area contributed by atoms with Gasteiger partial charge in [-0.1, -0.05) is 19.9 Å². The van der Waals surface area contributed by atoms with Crippen molar-refractivity contribution in [1.29, 1.82) is 0 Å². The predicted octanol–water partition coefficient (Wildman–Crippen LogP) is 3.15. The minimum Gasteiger partial charge on any atom is -0.383 e. The molecular weight excluding hydrogens is 238 g/mol. The van der Waals surface area contributed by atoms with Crippen LogP contribution in [0, 0.1) is 0 Å². The first-order valence-corrected chi connectivity index (χ1v) is 7.23. The van der Waals surface area contributed by atoms with Crippen LogP contribution in [0.1, 0.15) is 33.6 Å². The van der Waals surface area contributed by atoms with E-state index in [0.717, 1.165) is 44.2 Å². The van der Waals surface area contributed by atoms with E-state index < -0.39 is 0 Å². The van der Waals surface area contributed by atoms with E-state index in [9.17, 15) is 0 Å². The van der Waals surface area contributed by atoms with Crippen molar-refractivity contribution in [2.24, 2.45) is 0 Å². The van der Waals surface area contributed by atoms with Gasteiger partial charge in [0.15, 0.2) is 0 Å². The van der Waals surface area contributed by atoms with Crippen LogP contribution in [-0.2, 0) is 4.74 Å². The lowest BCUT2D eigenvalue weighted by molar-refractivity contribution is 0.202. The standard InChI is InChI=1S/C15H27N3O/c1-5-13(6-2)18(11-12-19-4)15-10-8-9-14(17-15)16-7-3/h8-10,13H,5-7,11-12H2,1-4H3,(H,16,17). The Bertz CT molecular complexity index is 353. The molecule has 0 amide bonds. The SMILES string of the molecule is CCNc1cccc(N(CCOC)C(CC)CC)n1. The van der Waals surface area contributed by atoms with Gasteiger partial charge < -0.3 is 15.0 Å². The van der Waals surface area contributed by atoms with Crippen molar-refractivity contribution in [3.8, 4) is 0 Å². The minimum atomic E-state index is 0.513. The number of nitrogens with one attached hydrogen (secondary N) is 1.